The SMILES string of the molecule is [2H]c1cc2c3c(cc4c(CC(C)(C)C)cccc42)Sc2c(cc4ccccc4c2CC(C)(C)C)-c3n1. The van der Waals surface area contributed by atoms with E-state index in [9.17, 15) is 0 Å². The number of hydrogen-bond acceptors (Lipinski definition) is 2. The number of pyridine rings is 1. The lowest BCUT2D eigenvalue weighted by Crippen LogP contribution is -2.12. The molecule has 0 amide bonds. The van der Waals surface area contributed by atoms with E-state index in [0.29, 0.717) is 6.17 Å². The number of fused-ring (bicyclic) bond motifs is 5. The average molecular weight is 477 g/mol. The van der Waals surface area contributed by atoms with Crippen molar-refractivity contribution in [3.63, 3.8) is 0 Å². The van der Waals surface area contributed by atoms with E-state index >= 15 is 0 Å². The zero-order valence-corrected chi connectivity index (χ0v) is 22.4. The summed E-state index contributed by atoms with van der Waals surface area (Å²) in [4.78, 5) is 7.43. The molecule has 1 aliphatic rings. The normalized spacial score (nSPS) is 13.9. The summed E-state index contributed by atoms with van der Waals surface area (Å²) < 4.78 is 8.67. The quantitative estimate of drug-likeness (QED) is 0.231. The van der Waals surface area contributed by atoms with Crippen LogP contribution in [0.5, 0.6) is 0 Å². The van der Waals surface area contributed by atoms with Gasteiger partial charge in [0, 0.05) is 26.9 Å². The van der Waals surface area contributed by atoms with Gasteiger partial charge in [-0.2, -0.15) is 0 Å². The first kappa shape index (κ1) is 21.4. The van der Waals surface area contributed by atoms with Crippen LogP contribution < -0.4 is 0 Å². The Balaban J connectivity index is 1.72. The predicted molar refractivity (Wildman–Crippen MR) is 153 cm³/mol. The van der Waals surface area contributed by atoms with Gasteiger partial charge in [0.1, 0.15) is 0 Å². The zero-order chi connectivity index (χ0) is 25.4. The van der Waals surface area contributed by atoms with Gasteiger partial charge in [0.15, 0.2) is 0 Å². The summed E-state index contributed by atoms with van der Waals surface area (Å²) in [5, 5.41) is 7.46. The molecule has 0 saturated carbocycles. The highest BCUT2D eigenvalue weighted by Crippen LogP contribution is 2.52. The number of rotatable bonds is 2. The van der Waals surface area contributed by atoms with Crippen LogP contribution in [0.1, 0.15) is 54.0 Å². The molecular formula is C33H33NS. The molecule has 0 saturated heterocycles. The molecule has 0 fully saturated rings. The molecule has 35 heavy (non-hydrogen) atoms. The number of hydrogen-bond donors (Lipinski definition) is 0. The summed E-state index contributed by atoms with van der Waals surface area (Å²) in [7, 11) is 0. The van der Waals surface area contributed by atoms with E-state index in [0.717, 1.165) is 23.9 Å². The smallest absolute Gasteiger partial charge is 0.0840 e. The van der Waals surface area contributed by atoms with Gasteiger partial charge in [-0.25, -0.2) is 0 Å². The third-order valence-corrected chi connectivity index (χ3v) is 8.11. The van der Waals surface area contributed by atoms with E-state index in [2.05, 4.69) is 96.1 Å². The Labute approximate surface area is 214 Å². The third-order valence-electron chi connectivity index (χ3n) is 6.90. The Bertz CT molecular complexity index is 1690. The van der Waals surface area contributed by atoms with Crippen LogP contribution in [0, 0.1) is 10.8 Å². The lowest BCUT2D eigenvalue weighted by Gasteiger charge is -2.28. The van der Waals surface area contributed by atoms with Gasteiger partial charge in [0.2, 0.25) is 0 Å². The molecule has 1 aliphatic heterocycles. The maximum Gasteiger partial charge on any atom is 0.0840 e. The fraction of sp³-hybridized carbons (Fsp3) is 0.303. The van der Waals surface area contributed by atoms with E-state index in [4.69, 9.17) is 6.35 Å². The molecule has 0 atom stereocenters. The molecule has 4 aromatic carbocycles. The summed E-state index contributed by atoms with van der Waals surface area (Å²) in [6, 6.07) is 22.1. The molecule has 0 radical (unpaired) electrons. The molecule has 5 aromatic rings. The highest BCUT2D eigenvalue weighted by molar-refractivity contribution is 8.00. The van der Waals surface area contributed by atoms with Gasteiger partial charge >= 0.3 is 0 Å². The summed E-state index contributed by atoms with van der Waals surface area (Å²) in [5.41, 5.74) is 5.27. The van der Waals surface area contributed by atoms with Gasteiger partial charge in [-0.3, -0.25) is 4.98 Å². The van der Waals surface area contributed by atoms with Gasteiger partial charge in [0.05, 0.1) is 7.06 Å². The maximum atomic E-state index is 8.67. The first-order valence-electron chi connectivity index (χ1n) is 13.1. The van der Waals surface area contributed by atoms with Crippen LogP contribution in [-0.4, -0.2) is 4.98 Å². The van der Waals surface area contributed by atoms with E-state index in [1.54, 1.807) is 0 Å². The molecule has 6 rings (SSSR count). The fourth-order valence-electron chi connectivity index (χ4n) is 5.61. The van der Waals surface area contributed by atoms with E-state index in [-0.39, 0.29) is 10.8 Å². The zero-order valence-electron chi connectivity index (χ0n) is 22.5. The predicted octanol–water partition coefficient (Wildman–Crippen LogP) is 9.85. The van der Waals surface area contributed by atoms with Gasteiger partial charge in [-0.15, -0.1) is 0 Å². The largest absolute Gasteiger partial charge is 0.256 e. The lowest BCUT2D eigenvalue weighted by molar-refractivity contribution is 0.410. The average Bonchev–Trinajstić information content (AvgIpc) is 2.78. The molecule has 0 N–H and O–H groups in total. The van der Waals surface area contributed by atoms with Crippen molar-refractivity contribution in [1.82, 2.24) is 4.98 Å². The summed E-state index contributed by atoms with van der Waals surface area (Å²) in [6.45, 7) is 13.8. The standard InChI is InChI=1S/C33H33NS/c1-32(2,3)18-21-11-9-13-23-24-14-15-34-30-26-16-20-10-7-8-12-22(20)27(19-33(4,5)6)31(26)35-28(29(24)30)17-25(21)23/h7-17H,18-19H2,1-6H3/i15D. The van der Waals surface area contributed by atoms with Crippen LogP contribution in [0.4, 0.5) is 0 Å². The first-order chi connectivity index (χ1) is 17.0. The van der Waals surface area contributed by atoms with Crippen molar-refractivity contribution in [2.75, 3.05) is 0 Å². The summed E-state index contributed by atoms with van der Waals surface area (Å²) in [5.74, 6) is 0. The minimum atomic E-state index is 0.155. The summed E-state index contributed by atoms with van der Waals surface area (Å²) in [6.07, 6.45) is 2.34. The number of nitrogens with zero attached hydrogens (tertiary/aromatic N) is 1. The second-order valence-corrected chi connectivity index (χ2v) is 13.5. The molecule has 1 nitrogen and oxygen atoms in total. The highest BCUT2D eigenvalue weighted by Gasteiger charge is 2.27. The van der Waals surface area contributed by atoms with Crippen LogP contribution in [0.2, 0.25) is 0 Å². The van der Waals surface area contributed by atoms with Gasteiger partial charge in [-0.1, -0.05) is 95.8 Å². The second-order valence-electron chi connectivity index (χ2n) is 12.4. The molecule has 176 valence electrons. The molecule has 0 bridgehead atoms. The molecule has 1 aromatic heterocycles. The van der Waals surface area contributed by atoms with Crippen molar-refractivity contribution in [2.24, 2.45) is 10.8 Å². The Hall–Kier alpha value is -2.84. The molecule has 0 aliphatic carbocycles. The van der Waals surface area contributed by atoms with Gasteiger partial charge < -0.3 is 0 Å². The van der Waals surface area contributed by atoms with Crippen molar-refractivity contribution in [3.05, 3.63) is 78.0 Å². The lowest BCUT2D eigenvalue weighted by atomic mass is 9.84. The molecule has 0 unspecified atom stereocenters. The van der Waals surface area contributed by atoms with Crippen molar-refractivity contribution in [3.8, 4) is 11.3 Å². The van der Waals surface area contributed by atoms with E-state index < -0.39 is 0 Å². The Morgan fingerprint density at radius 1 is 0.771 bits per heavy atom. The fourth-order valence-corrected chi connectivity index (χ4v) is 6.89. The highest BCUT2D eigenvalue weighted by atomic mass is 32.2. The third kappa shape index (κ3) is 3.93. The van der Waals surface area contributed by atoms with Crippen LogP contribution >= 0.6 is 11.8 Å². The topological polar surface area (TPSA) is 12.9 Å². The number of aromatic nitrogens is 1. The maximum absolute atomic E-state index is 8.67. The molecule has 2 heteroatoms. The van der Waals surface area contributed by atoms with E-state index in [1.165, 1.54) is 53.4 Å². The molecular weight excluding hydrogens is 442 g/mol. The van der Waals surface area contributed by atoms with Crippen molar-refractivity contribution in [1.29, 1.82) is 0 Å². The monoisotopic (exact) mass is 476 g/mol. The van der Waals surface area contributed by atoms with Crippen LogP contribution in [0.15, 0.2) is 76.6 Å². The minimum absolute atomic E-state index is 0.155. The molecule has 2 heterocycles. The van der Waals surface area contributed by atoms with Crippen LogP contribution in [-0.2, 0) is 12.8 Å². The number of benzene rings is 4. The van der Waals surface area contributed by atoms with Crippen molar-refractivity contribution < 1.29 is 1.37 Å². The second kappa shape index (κ2) is 7.83. The van der Waals surface area contributed by atoms with Gasteiger partial charge in [0.25, 0.3) is 0 Å². The van der Waals surface area contributed by atoms with Gasteiger partial charge in [-0.05, 0) is 79.9 Å². The van der Waals surface area contributed by atoms with Crippen LogP contribution in [0.3, 0.4) is 0 Å². The Morgan fingerprint density at radius 3 is 2.29 bits per heavy atom. The van der Waals surface area contributed by atoms with E-state index in [1.807, 2.05) is 17.8 Å². The van der Waals surface area contributed by atoms with Crippen molar-refractivity contribution >= 4 is 44.1 Å². The molecule has 0 spiro atoms. The van der Waals surface area contributed by atoms with Crippen LogP contribution in [0.25, 0.3) is 43.6 Å². The summed E-state index contributed by atoms with van der Waals surface area (Å²) >= 11 is 1.90. The first-order valence-corrected chi connectivity index (χ1v) is 13.4. The van der Waals surface area contributed by atoms with Crippen molar-refractivity contribution in [2.45, 2.75) is 64.2 Å². The Morgan fingerprint density at radius 2 is 1.51 bits per heavy atom. The minimum Gasteiger partial charge on any atom is -0.256 e. The Kier molecular flexibility index (Phi) is 4.80.